The van der Waals surface area contributed by atoms with E-state index in [4.69, 9.17) is 0 Å². The van der Waals surface area contributed by atoms with Crippen molar-refractivity contribution in [2.75, 3.05) is 20.1 Å². The first-order valence-electron chi connectivity index (χ1n) is 6.42. The van der Waals surface area contributed by atoms with Gasteiger partial charge in [-0.3, -0.25) is 9.79 Å². The molecule has 0 radical (unpaired) electrons. The molecule has 1 rings (SSSR count). The maximum absolute atomic E-state index is 11.6. The zero-order valence-electron chi connectivity index (χ0n) is 11.7. The van der Waals surface area contributed by atoms with E-state index in [0.717, 1.165) is 23.8 Å². The van der Waals surface area contributed by atoms with Crippen molar-refractivity contribution in [3.63, 3.8) is 0 Å². The first-order chi connectivity index (χ1) is 9.13. The molecule has 0 saturated carbocycles. The van der Waals surface area contributed by atoms with Crippen LogP contribution in [0.25, 0.3) is 0 Å². The van der Waals surface area contributed by atoms with E-state index in [9.17, 15) is 4.79 Å². The van der Waals surface area contributed by atoms with Crippen molar-refractivity contribution in [2.45, 2.75) is 26.3 Å². The van der Waals surface area contributed by atoms with Crippen LogP contribution in [0.4, 0.5) is 0 Å². The summed E-state index contributed by atoms with van der Waals surface area (Å²) in [5.41, 5.74) is 0. The van der Waals surface area contributed by atoms with Crippen molar-refractivity contribution >= 4 is 23.2 Å². The van der Waals surface area contributed by atoms with Gasteiger partial charge in [0.15, 0.2) is 5.96 Å². The second-order valence-corrected chi connectivity index (χ2v) is 5.33. The summed E-state index contributed by atoms with van der Waals surface area (Å²) < 4.78 is 0. The van der Waals surface area contributed by atoms with E-state index in [1.54, 1.807) is 7.05 Å². The van der Waals surface area contributed by atoms with Gasteiger partial charge in [-0.2, -0.15) is 0 Å². The predicted octanol–water partition coefficient (Wildman–Crippen LogP) is 1.44. The largest absolute Gasteiger partial charge is 0.356 e. The predicted molar refractivity (Wildman–Crippen MR) is 80.9 cm³/mol. The number of amides is 1. The lowest BCUT2D eigenvalue weighted by molar-refractivity contribution is 0.0957. The molecule has 106 valence electrons. The number of carbonyl (C=O) groups is 1. The van der Waals surface area contributed by atoms with E-state index in [0.29, 0.717) is 12.6 Å². The summed E-state index contributed by atoms with van der Waals surface area (Å²) in [4.78, 5) is 16.5. The van der Waals surface area contributed by atoms with Crippen LogP contribution in [0.1, 0.15) is 29.9 Å². The fraction of sp³-hybridized carbons (Fsp3) is 0.538. The number of hydrogen-bond donors (Lipinski definition) is 3. The molecule has 1 aromatic heterocycles. The summed E-state index contributed by atoms with van der Waals surface area (Å²) in [6, 6.07) is 4.06. The lowest BCUT2D eigenvalue weighted by Crippen LogP contribution is -2.41. The summed E-state index contributed by atoms with van der Waals surface area (Å²) in [5, 5.41) is 11.2. The molecule has 0 unspecified atom stereocenters. The van der Waals surface area contributed by atoms with E-state index >= 15 is 0 Å². The van der Waals surface area contributed by atoms with E-state index in [2.05, 4.69) is 34.8 Å². The molecule has 0 saturated heterocycles. The van der Waals surface area contributed by atoms with Crippen LogP contribution < -0.4 is 16.0 Å². The fourth-order valence-electron chi connectivity index (χ4n) is 1.46. The molecule has 5 nitrogen and oxygen atoms in total. The van der Waals surface area contributed by atoms with Gasteiger partial charge in [-0.05, 0) is 31.7 Å². The minimum Gasteiger partial charge on any atom is -0.356 e. The Labute approximate surface area is 118 Å². The smallest absolute Gasteiger partial charge is 0.261 e. The second kappa shape index (κ2) is 8.53. The highest BCUT2D eigenvalue weighted by molar-refractivity contribution is 7.12. The van der Waals surface area contributed by atoms with Crippen LogP contribution >= 0.6 is 11.3 Å². The molecule has 0 fully saturated rings. The summed E-state index contributed by atoms with van der Waals surface area (Å²) in [7, 11) is 1.75. The summed E-state index contributed by atoms with van der Waals surface area (Å²) in [6.45, 7) is 5.56. The van der Waals surface area contributed by atoms with Gasteiger partial charge in [-0.15, -0.1) is 11.3 Å². The molecule has 0 bridgehead atoms. The third-order valence-corrected chi connectivity index (χ3v) is 3.19. The van der Waals surface area contributed by atoms with Crippen molar-refractivity contribution in [2.24, 2.45) is 4.99 Å². The van der Waals surface area contributed by atoms with Gasteiger partial charge in [-0.1, -0.05) is 6.07 Å². The first kappa shape index (κ1) is 15.5. The summed E-state index contributed by atoms with van der Waals surface area (Å²) in [5.74, 6) is 0.791. The molecule has 1 amide bonds. The number of hydrogen-bond acceptors (Lipinski definition) is 3. The molecular weight excluding hydrogens is 260 g/mol. The number of guanidine groups is 1. The van der Waals surface area contributed by atoms with Gasteiger partial charge in [0.2, 0.25) is 0 Å². The Kier molecular flexibility index (Phi) is 6.95. The lowest BCUT2D eigenvalue weighted by Gasteiger charge is -2.14. The molecule has 0 aliphatic rings. The van der Waals surface area contributed by atoms with Gasteiger partial charge < -0.3 is 16.0 Å². The van der Waals surface area contributed by atoms with Crippen molar-refractivity contribution in [1.29, 1.82) is 0 Å². The third kappa shape index (κ3) is 6.24. The van der Waals surface area contributed by atoms with Gasteiger partial charge in [0, 0.05) is 26.2 Å². The third-order valence-electron chi connectivity index (χ3n) is 2.33. The van der Waals surface area contributed by atoms with Crippen LogP contribution in [0.2, 0.25) is 0 Å². The number of nitrogens with one attached hydrogen (secondary N) is 3. The highest BCUT2D eigenvalue weighted by Crippen LogP contribution is 2.07. The Balaban J connectivity index is 2.12. The standard InChI is InChI=1S/C13H22N4OS/c1-10(2)17-13(14-3)16-8-5-7-15-12(18)11-6-4-9-19-11/h4,6,9-10H,5,7-8H2,1-3H3,(H,15,18)(H2,14,16,17). The van der Waals surface area contributed by atoms with E-state index in [1.807, 2.05) is 17.5 Å². The van der Waals surface area contributed by atoms with Crippen LogP contribution in [-0.2, 0) is 0 Å². The lowest BCUT2D eigenvalue weighted by atomic mass is 10.4. The molecule has 0 spiro atoms. The minimum atomic E-state index is -0.000289. The maximum Gasteiger partial charge on any atom is 0.261 e. The molecule has 1 heterocycles. The number of rotatable bonds is 6. The Morgan fingerprint density at radius 2 is 2.11 bits per heavy atom. The zero-order valence-corrected chi connectivity index (χ0v) is 12.5. The van der Waals surface area contributed by atoms with Crippen molar-refractivity contribution in [3.05, 3.63) is 22.4 Å². The number of nitrogens with zero attached hydrogens (tertiary/aromatic N) is 1. The van der Waals surface area contributed by atoms with Gasteiger partial charge in [0.25, 0.3) is 5.91 Å². The van der Waals surface area contributed by atoms with Crippen molar-refractivity contribution < 1.29 is 4.79 Å². The van der Waals surface area contributed by atoms with Gasteiger partial charge >= 0.3 is 0 Å². The molecule has 6 heteroatoms. The van der Waals surface area contributed by atoms with Crippen LogP contribution in [-0.4, -0.2) is 38.0 Å². The zero-order chi connectivity index (χ0) is 14.1. The van der Waals surface area contributed by atoms with Gasteiger partial charge in [0.1, 0.15) is 0 Å². The highest BCUT2D eigenvalue weighted by Gasteiger charge is 2.04. The van der Waals surface area contributed by atoms with Gasteiger partial charge in [-0.25, -0.2) is 0 Å². The molecule has 0 aliphatic carbocycles. The molecular formula is C13H22N4OS. The molecule has 0 aromatic carbocycles. The van der Waals surface area contributed by atoms with Gasteiger partial charge in [0.05, 0.1) is 4.88 Å². The molecule has 3 N–H and O–H groups in total. The monoisotopic (exact) mass is 282 g/mol. The normalized spacial score (nSPS) is 11.5. The molecule has 0 aliphatic heterocycles. The van der Waals surface area contributed by atoms with Crippen molar-refractivity contribution in [1.82, 2.24) is 16.0 Å². The maximum atomic E-state index is 11.6. The summed E-state index contributed by atoms with van der Waals surface area (Å²) >= 11 is 1.45. The SMILES string of the molecule is CN=C(NCCCNC(=O)c1cccs1)NC(C)C. The number of thiophene rings is 1. The average molecular weight is 282 g/mol. The van der Waals surface area contributed by atoms with E-state index < -0.39 is 0 Å². The van der Waals surface area contributed by atoms with E-state index in [-0.39, 0.29) is 5.91 Å². The molecule has 1 aromatic rings. The van der Waals surface area contributed by atoms with Crippen LogP contribution in [0, 0.1) is 0 Å². The fourth-order valence-corrected chi connectivity index (χ4v) is 2.10. The first-order valence-corrected chi connectivity index (χ1v) is 7.30. The van der Waals surface area contributed by atoms with Crippen LogP contribution in [0.3, 0.4) is 0 Å². The topological polar surface area (TPSA) is 65.5 Å². The highest BCUT2D eigenvalue weighted by atomic mass is 32.1. The quantitative estimate of drug-likeness (QED) is 0.420. The van der Waals surface area contributed by atoms with Crippen LogP contribution in [0.15, 0.2) is 22.5 Å². The summed E-state index contributed by atoms with van der Waals surface area (Å²) in [6.07, 6.45) is 0.857. The second-order valence-electron chi connectivity index (χ2n) is 4.38. The number of carbonyl (C=O) groups excluding carboxylic acids is 1. The average Bonchev–Trinajstić information content (AvgIpc) is 2.90. The number of aliphatic imine (C=N–C) groups is 1. The Bertz CT molecular complexity index is 401. The Hall–Kier alpha value is -1.56. The van der Waals surface area contributed by atoms with E-state index in [1.165, 1.54) is 11.3 Å². The van der Waals surface area contributed by atoms with Crippen molar-refractivity contribution in [3.8, 4) is 0 Å². The minimum absolute atomic E-state index is 0.000289. The molecule has 19 heavy (non-hydrogen) atoms. The molecule has 0 atom stereocenters. The Morgan fingerprint density at radius 3 is 2.68 bits per heavy atom. The van der Waals surface area contributed by atoms with Crippen LogP contribution in [0.5, 0.6) is 0 Å². The Morgan fingerprint density at radius 1 is 1.37 bits per heavy atom.